The van der Waals surface area contributed by atoms with Crippen molar-refractivity contribution in [2.24, 2.45) is 5.41 Å². The van der Waals surface area contributed by atoms with Crippen LogP contribution in [0.15, 0.2) is 30.7 Å². The second-order valence-electron chi connectivity index (χ2n) is 11.2. The second kappa shape index (κ2) is 10.4. The number of hydrogen-bond acceptors (Lipinski definition) is 8. The van der Waals surface area contributed by atoms with E-state index in [4.69, 9.17) is 14.2 Å². The van der Waals surface area contributed by atoms with E-state index >= 15 is 0 Å². The van der Waals surface area contributed by atoms with E-state index in [2.05, 4.69) is 14.9 Å². The number of rotatable bonds is 4. The van der Waals surface area contributed by atoms with Crippen LogP contribution in [-0.2, 0) is 9.47 Å². The predicted molar refractivity (Wildman–Crippen MR) is 137 cm³/mol. The van der Waals surface area contributed by atoms with Crippen molar-refractivity contribution < 1.29 is 28.2 Å². The summed E-state index contributed by atoms with van der Waals surface area (Å²) in [6.45, 7) is 10.1. The monoisotopic (exact) mass is 527 g/mol. The average molecular weight is 528 g/mol. The lowest BCUT2D eigenvalue weighted by Gasteiger charge is -2.28. The number of carbonyl (C=O) groups is 2. The van der Waals surface area contributed by atoms with Crippen LogP contribution in [0.4, 0.5) is 15.0 Å². The molecule has 4 heterocycles. The summed E-state index contributed by atoms with van der Waals surface area (Å²) in [5.74, 6) is 0.394. The number of hydrogen-bond donors (Lipinski definition) is 0. The quantitative estimate of drug-likeness (QED) is 0.594. The van der Waals surface area contributed by atoms with Gasteiger partial charge in [-0.2, -0.15) is 0 Å². The van der Waals surface area contributed by atoms with Crippen LogP contribution in [0.5, 0.6) is 11.5 Å². The van der Waals surface area contributed by atoms with E-state index in [9.17, 15) is 14.0 Å². The maximum absolute atomic E-state index is 14.2. The number of carbonyl (C=O) groups excluding carboxylic acids is 2. The largest absolute Gasteiger partial charge is 0.451 e. The van der Waals surface area contributed by atoms with Crippen LogP contribution in [0.25, 0.3) is 0 Å². The first-order chi connectivity index (χ1) is 18.1. The molecule has 0 N–H and O–H groups in total. The summed E-state index contributed by atoms with van der Waals surface area (Å²) in [4.78, 5) is 40.0. The number of aromatic nitrogens is 2. The molecule has 38 heavy (non-hydrogen) atoms. The molecule has 2 amide bonds. The summed E-state index contributed by atoms with van der Waals surface area (Å²) in [7, 11) is 0. The van der Waals surface area contributed by atoms with Crippen LogP contribution in [0.1, 0.15) is 44.0 Å². The minimum absolute atomic E-state index is 0.0630. The maximum Gasteiger partial charge on any atom is 0.410 e. The summed E-state index contributed by atoms with van der Waals surface area (Å²) in [5, 5.41) is 0. The minimum Gasteiger partial charge on any atom is -0.451 e. The third kappa shape index (κ3) is 5.67. The molecule has 3 aliphatic rings. The summed E-state index contributed by atoms with van der Waals surface area (Å²) < 4.78 is 31.3. The van der Waals surface area contributed by atoms with Crippen molar-refractivity contribution in [1.29, 1.82) is 0 Å². The van der Waals surface area contributed by atoms with Crippen molar-refractivity contribution >= 4 is 17.8 Å². The van der Waals surface area contributed by atoms with E-state index in [-0.39, 0.29) is 28.7 Å². The standard InChI is InChI=1S/C27H34FN5O5/c1-26(2,3)38-25(35)33-9-7-27(17-33)6-8-32(16-27)23-22(15-29-18-30-23)37-21-5-4-19(28)14-20(21)24(34)31-10-12-36-13-11-31/h4-5,14-15,18H,6-13,16-17H2,1-3H3. The molecule has 10 nitrogen and oxygen atoms in total. The van der Waals surface area contributed by atoms with Crippen LogP contribution in [0, 0.1) is 11.2 Å². The van der Waals surface area contributed by atoms with Gasteiger partial charge in [0.05, 0.1) is 25.0 Å². The zero-order chi connectivity index (χ0) is 26.9. The number of amides is 2. The molecule has 1 unspecified atom stereocenters. The van der Waals surface area contributed by atoms with Crippen molar-refractivity contribution in [3.8, 4) is 11.5 Å². The van der Waals surface area contributed by atoms with E-state index in [1.54, 1.807) is 16.0 Å². The molecule has 0 bridgehead atoms. The molecule has 3 fully saturated rings. The van der Waals surface area contributed by atoms with E-state index in [1.807, 2.05) is 20.8 Å². The van der Waals surface area contributed by atoms with Crippen molar-refractivity contribution in [3.63, 3.8) is 0 Å². The third-order valence-electron chi connectivity index (χ3n) is 7.18. The zero-order valence-corrected chi connectivity index (χ0v) is 22.1. The molecule has 3 saturated heterocycles. The highest BCUT2D eigenvalue weighted by atomic mass is 19.1. The molecule has 3 aliphatic heterocycles. The molecule has 0 aliphatic carbocycles. The van der Waals surface area contributed by atoms with Gasteiger partial charge in [0.1, 0.15) is 23.5 Å². The first-order valence-corrected chi connectivity index (χ1v) is 13.0. The first-order valence-electron chi connectivity index (χ1n) is 13.0. The topological polar surface area (TPSA) is 97.3 Å². The Morgan fingerprint density at radius 2 is 1.79 bits per heavy atom. The Balaban J connectivity index is 1.32. The highest BCUT2D eigenvalue weighted by molar-refractivity contribution is 5.97. The molecule has 2 aromatic rings. The van der Waals surface area contributed by atoms with Gasteiger partial charge in [-0.3, -0.25) is 4.79 Å². The highest BCUT2D eigenvalue weighted by Gasteiger charge is 2.46. The van der Waals surface area contributed by atoms with Gasteiger partial charge < -0.3 is 28.9 Å². The van der Waals surface area contributed by atoms with Crippen LogP contribution < -0.4 is 9.64 Å². The first kappa shape index (κ1) is 26.1. The van der Waals surface area contributed by atoms with Crippen LogP contribution in [0.2, 0.25) is 0 Å². The average Bonchev–Trinajstić information content (AvgIpc) is 3.51. The number of anilines is 1. The maximum atomic E-state index is 14.2. The fraction of sp³-hybridized carbons (Fsp3) is 0.556. The molecule has 1 spiro atoms. The van der Waals surface area contributed by atoms with Gasteiger partial charge >= 0.3 is 6.09 Å². The molecular weight excluding hydrogens is 493 g/mol. The molecule has 0 saturated carbocycles. The van der Waals surface area contributed by atoms with Gasteiger partial charge in [0.15, 0.2) is 11.6 Å². The Morgan fingerprint density at radius 3 is 2.55 bits per heavy atom. The predicted octanol–water partition coefficient (Wildman–Crippen LogP) is 3.72. The molecule has 1 aromatic heterocycles. The molecule has 1 atom stereocenters. The number of halogens is 1. The van der Waals surface area contributed by atoms with Gasteiger partial charge in [-0.25, -0.2) is 19.2 Å². The third-order valence-corrected chi connectivity index (χ3v) is 7.18. The van der Waals surface area contributed by atoms with E-state index in [0.717, 1.165) is 19.4 Å². The number of ether oxygens (including phenoxy) is 3. The zero-order valence-electron chi connectivity index (χ0n) is 22.1. The molecule has 204 valence electrons. The lowest BCUT2D eigenvalue weighted by Crippen LogP contribution is -2.40. The Labute approximate surface area is 221 Å². The fourth-order valence-electron chi connectivity index (χ4n) is 5.30. The minimum atomic E-state index is -0.538. The Bertz CT molecular complexity index is 1200. The van der Waals surface area contributed by atoms with Gasteiger partial charge in [0, 0.05) is 44.7 Å². The van der Waals surface area contributed by atoms with Gasteiger partial charge in [-0.15, -0.1) is 0 Å². The molecule has 1 aromatic carbocycles. The number of morpholine rings is 1. The van der Waals surface area contributed by atoms with Crippen LogP contribution in [-0.4, -0.2) is 89.9 Å². The normalized spacial score (nSPS) is 21.7. The van der Waals surface area contributed by atoms with E-state index < -0.39 is 11.4 Å². The molecule has 5 rings (SSSR count). The van der Waals surface area contributed by atoms with Gasteiger partial charge in [-0.05, 0) is 51.8 Å². The Hall–Kier alpha value is -3.47. The smallest absolute Gasteiger partial charge is 0.410 e. The lowest BCUT2D eigenvalue weighted by atomic mass is 9.86. The van der Waals surface area contributed by atoms with Crippen molar-refractivity contribution in [2.75, 3.05) is 57.4 Å². The number of likely N-dealkylation sites (tertiary alicyclic amines) is 1. The van der Waals surface area contributed by atoms with E-state index in [0.29, 0.717) is 57.5 Å². The molecular formula is C27H34FN5O5. The van der Waals surface area contributed by atoms with Gasteiger partial charge in [-0.1, -0.05) is 0 Å². The highest BCUT2D eigenvalue weighted by Crippen LogP contribution is 2.43. The summed E-state index contributed by atoms with van der Waals surface area (Å²) >= 11 is 0. The fourth-order valence-corrected chi connectivity index (χ4v) is 5.30. The van der Waals surface area contributed by atoms with Crippen molar-refractivity contribution in [2.45, 2.75) is 39.2 Å². The Morgan fingerprint density at radius 1 is 1.03 bits per heavy atom. The lowest BCUT2D eigenvalue weighted by molar-refractivity contribution is 0.0275. The van der Waals surface area contributed by atoms with Crippen LogP contribution >= 0.6 is 0 Å². The SMILES string of the molecule is CC(C)(C)OC(=O)N1CCC2(CCN(c3ncncc3Oc3ccc(F)cc3C(=O)N3CCOCC3)C2)C1. The number of nitrogens with zero attached hydrogens (tertiary/aromatic N) is 5. The summed E-state index contributed by atoms with van der Waals surface area (Å²) in [6, 6.07) is 3.93. The van der Waals surface area contributed by atoms with Gasteiger partial charge in [0.25, 0.3) is 5.91 Å². The number of benzene rings is 1. The summed E-state index contributed by atoms with van der Waals surface area (Å²) in [6.07, 6.45) is 4.50. The second-order valence-corrected chi connectivity index (χ2v) is 11.2. The van der Waals surface area contributed by atoms with Crippen molar-refractivity contribution in [1.82, 2.24) is 19.8 Å². The van der Waals surface area contributed by atoms with E-state index in [1.165, 1.54) is 24.5 Å². The van der Waals surface area contributed by atoms with Crippen molar-refractivity contribution in [3.05, 3.63) is 42.1 Å². The Kier molecular flexibility index (Phi) is 7.13. The molecule has 11 heteroatoms. The summed E-state index contributed by atoms with van der Waals surface area (Å²) in [5.41, 5.74) is -0.459. The molecule has 0 radical (unpaired) electrons. The van der Waals surface area contributed by atoms with Gasteiger partial charge in [0.2, 0.25) is 0 Å². The van der Waals surface area contributed by atoms with Crippen LogP contribution in [0.3, 0.4) is 0 Å².